The predicted molar refractivity (Wildman–Crippen MR) is 126 cm³/mol. The van der Waals surface area contributed by atoms with Crippen LogP contribution >= 0.6 is 0 Å². The molecule has 1 unspecified atom stereocenters. The Bertz CT molecular complexity index is 1340. The number of benzene rings is 2. The number of nitrogens with one attached hydrogen (secondary N) is 2. The Morgan fingerprint density at radius 2 is 1.78 bits per heavy atom. The molecule has 0 spiro atoms. The van der Waals surface area contributed by atoms with E-state index in [9.17, 15) is 9.59 Å². The van der Waals surface area contributed by atoms with Crippen LogP contribution in [0.2, 0.25) is 0 Å². The first-order valence-corrected chi connectivity index (χ1v) is 10.6. The molecular weight excluding hydrogens is 402 g/mol. The number of aromatic amines is 1. The summed E-state index contributed by atoms with van der Waals surface area (Å²) in [6.45, 7) is 6.21. The van der Waals surface area contributed by atoms with Crippen molar-refractivity contribution in [3.63, 3.8) is 0 Å². The fourth-order valence-corrected chi connectivity index (χ4v) is 4.39. The summed E-state index contributed by atoms with van der Waals surface area (Å²) in [5.41, 5.74) is 5.04. The minimum Gasteiger partial charge on any atom is -0.482 e. The number of para-hydroxylation sites is 1. The lowest BCUT2D eigenvalue weighted by atomic mass is 10.1. The first-order valence-electron chi connectivity index (χ1n) is 10.6. The topological polar surface area (TPSA) is 76.1 Å². The van der Waals surface area contributed by atoms with Gasteiger partial charge in [-0.25, -0.2) is 0 Å². The molecule has 0 fully saturated rings. The van der Waals surface area contributed by atoms with E-state index in [0.717, 1.165) is 27.7 Å². The summed E-state index contributed by atoms with van der Waals surface area (Å²) in [5, 5.41) is 3.93. The van der Waals surface area contributed by atoms with Gasteiger partial charge in [-0.05, 0) is 38.0 Å². The van der Waals surface area contributed by atoms with E-state index in [2.05, 4.69) is 33.9 Å². The number of amides is 1. The highest BCUT2D eigenvalue weighted by molar-refractivity contribution is 6.08. The molecule has 0 bridgehead atoms. The van der Waals surface area contributed by atoms with Crippen molar-refractivity contribution < 1.29 is 9.53 Å². The van der Waals surface area contributed by atoms with E-state index in [0.29, 0.717) is 11.4 Å². The van der Waals surface area contributed by atoms with Gasteiger partial charge < -0.3 is 14.6 Å². The summed E-state index contributed by atoms with van der Waals surface area (Å²) in [4.78, 5) is 27.8. The van der Waals surface area contributed by atoms with Gasteiger partial charge in [-0.2, -0.15) is 0 Å². The molecule has 6 nitrogen and oxygen atoms in total. The van der Waals surface area contributed by atoms with Crippen LogP contribution < -0.4 is 15.6 Å². The van der Waals surface area contributed by atoms with Gasteiger partial charge in [0.2, 0.25) is 0 Å². The van der Waals surface area contributed by atoms with Crippen LogP contribution in [-0.2, 0) is 6.54 Å². The van der Waals surface area contributed by atoms with Crippen molar-refractivity contribution in [3.05, 3.63) is 99.0 Å². The number of carbonyl (C=O) groups excluding carboxylic acids is 1. The number of aromatic nitrogens is 2. The summed E-state index contributed by atoms with van der Waals surface area (Å²) >= 11 is 0. The smallest absolute Gasteiger partial charge is 0.254 e. The molecule has 4 aromatic rings. The molecule has 164 valence electrons. The zero-order valence-electron chi connectivity index (χ0n) is 18.7. The fourth-order valence-electron chi connectivity index (χ4n) is 4.39. The van der Waals surface area contributed by atoms with Crippen LogP contribution in [0.4, 0.5) is 0 Å². The molecule has 2 N–H and O–H groups in total. The van der Waals surface area contributed by atoms with Gasteiger partial charge in [-0.3, -0.25) is 14.6 Å². The van der Waals surface area contributed by atoms with Crippen molar-refractivity contribution >= 4 is 16.8 Å². The number of pyridine rings is 1. The standard InChI is InChI=1S/C26H27N3O3/c1-16-14-23(30)28-26(32-4)21(16)15-27-25(31)24-18(3)29(22-13-9-8-12-20(22)24)17(2)19-10-6-5-7-11-19/h5-14,17H,15H2,1-4H3,(H,27,31)(H,28,30). The fraction of sp³-hybridized carbons (Fsp3) is 0.231. The molecule has 2 heterocycles. The Hall–Kier alpha value is -3.80. The van der Waals surface area contributed by atoms with E-state index in [1.807, 2.05) is 56.3 Å². The second-order valence-corrected chi connectivity index (χ2v) is 7.95. The minimum atomic E-state index is -0.233. The number of methoxy groups -OCH3 is 1. The second kappa shape index (κ2) is 8.75. The van der Waals surface area contributed by atoms with Gasteiger partial charge in [-0.1, -0.05) is 48.5 Å². The first-order chi connectivity index (χ1) is 15.4. The third-order valence-corrected chi connectivity index (χ3v) is 6.02. The van der Waals surface area contributed by atoms with Crippen molar-refractivity contribution in [2.75, 3.05) is 7.11 Å². The number of H-pyrrole nitrogens is 1. The molecule has 0 radical (unpaired) electrons. The highest BCUT2D eigenvalue weighted by atomic mass is 16.5. The van der Waals surface area contributed by atoms with Crippen LogP contribution in [0, 0.1) is 13.8 Å². The van der Waals surface area contributed by atoms with Gasteiger partial charge in [0.1, 0.15) is 0 Å². The van der Waals surface area contributed by atoms with Crippen LogP contribution in [0.15, 0.2) is 65.5 Å². The zero-order valence-corrected chi connectivity index (χ0v) is 18.7. The van der Waals surface area contributed by atoms with Crippen molar-refractivity contribution in [1.29, 1.82) is 0 Å². The Morgan fingerprint density at radius 3 is 2.50 bits per heavy atom. The maximum atomic E-state index is 13.4. The highest BCUT2D eigenvalue weighted by Gasteiger charge is 2.23. The second-order valence-electron chi connectivity index (χ2n) is 7.95. The number of carbonyl (C=O) groups is 1. The molecule has 6 heteroatoms. The Labute approximate surface area is 186 Å². The molecule has 1 amide bonds. The van der Waals surface area contributed by atoms with Crippen molar-refractivity contribution in [2.24, 2.45) is 0 Å². The highest BCUT2D eigenvalue weighted by Crippen LogP contribution is 2.32. The third-order valence-electron chi connectivity index (χ3n) is 6.02. The molecule has 1 atom stereocenters. The number of ether oxygens (including phenoxy) is 1. The number of nitrogens with zero attached hydrogens (tertiary/aromatic N) is 1. The lowest BCUT2D eigenvalue weighted by Crippen LogP contribution is -2.25. The van der Waals surface area contributed by atoms with Crippen LogP contribution in [0.3, 0.4) is 0 Å². The predicted octanol–water partition coefficient (Wildman–Crippen LogP) is 4.49. The van der Waals surface area contributed by atoms with Crippen LogP contribution in [0.5, 0.6) is 5.88 Å². The summed E-state index contributed by atoms with van der Waals surface area (Å²) < 4.78 is 7.53. The molecule has 32 heavy (non-hydrogen) atoms. The maximum absolute atomic E-state index is 13.4. The van der Waals surface area contributed by atoms with Gasteiger partial charge in [0.05, 0.1) is 18.7 Å². The normalized spacial score (nSPS) is 12.0. The number of fused-ring (bicyclic) bond motifs is 1. The van der Waals surface area contributed by atoms with E-state index in [1.165, 1.54) is 18.7 Å². The van der Waals surface area contributed by atoms with Gasteiger partial charge >= 0.3 is 0 Å². The molecule has 0 aliphatic carbocycles. The Morgan fingerprint density at radius 1 is 1.09 bits per heavy atom. The average Bonchev–Trinajstić information content (AvgIpc) is 3.09. The maximum Gasteiger partial charge on any atom is 0.254 e. The molecule has 0 saturated heterocycles. The third kappa shape index (κ3) is 3.80. The summed E-state index contributed by atoms with van der Waals surface area (Å²) in [7, 11) is 1.50. The number of rotatable bonds is 6. The van der Waals surface area contributed by atoms with Crippen LogP contribution in [0.1, 0.15) is 45.7 Å². The molecule has 4 rings (SSSR count). The molecule has 0 saturated carbocycles. The van der Waals surface area contributed by atoms with Gasteiger partial charge in [0, 0.05) is 34.8 Å². The molecule has 2 aromatic carbocycles. The monoisotopic (exact) mass is 429 g/mol. The van der Waals surface area contributed by atoms with Crippen LogP contribution in [-0.4, -0.2) is 22.6 Å². The van der Waals surface area contributed by atoms with E-state index in [4.69, 9.17) is 4.74 Å². The molecule has 0 aliphatic rings. The number of hydrogen-bond donors (Lipinski definition) is 2. The van der Waals surface area contributed by atoms with Crippen molar-refractivity contribution in [3.8, 4) is 5.88 Å². The summed E-state index contributed by atoms with van der Waals surface area (Å²) in [6.07, 6.45) is 0. The van der Waals surface area contributed by atoms with E-state index >= 15 is 0 Å². The van der Waals surface area contributed by atoms with E-state index in [1.54, 1.807) is 0 Å². The summed E-state index contributed by atoms with van der Waals surface area (Å²) in [6, 6.07) is 19.8. The quantitative estimate of drug-likeness (QED) is 0.474. The Kier molecular flexibility index (Phi) is 5.86. The van der Waals surface area contributed by atoms with Crippen LogP contribution in [0.25, 0.3) is 10.9 Å². The zero-order chi connectivity index (χ0) is 22.8. The van der Waals surface area contributed by atoms with Gasteiger partial charge in [0.15, 0.2) is 5.88 Å². The molecular formula is C26H27N3O3. The van der Waals surface area contributed by atoms with Gasteiger partial charge in [0.25, 0.3) is 11.5 Å². The average molecular weight is 430 g/mol. The molecule has 0 aliphatic heterocycles. The number of hydrogen-bond acceptors (Lipinski definition) is 3. The van der Waals surface area contributed by atoms with Crippen molar-refractivity contribution in [1.82, 2.24) is 14.9 Å². The van der Waals surface area contributed by atoms with E-state index in [-0.39, 0.29) is 24.1 Å². The lowest BCUT2D eigenvalue weighted by Gasteiger charge is -2.18. The SMILES string of the molecule is COc1[nH]c(=O)cc(C)c1CNC(=O)c1c(C)n(C(C)c2ccccc2)c2ccccc12. The lowest BCUT2D eigenvalue weighted by molar-refractivity contribution is 0.0951. The Balaban J connectivity index is 1.72. The molecule has 2 aromatic heterocycles. The largest absolute Gasteiger partial charge is 0.482 e. The van der Waals surface area contributed by atoms with E-state index < -0.39 is 0 Å². The first kappa shape index (κ1) is 21.4. The number of aryl methyl sites for hydroxylation is 1. The van der Waals surface area contributed by atoms with Crippen molar-refractivity contribution in [2.45, 2.75) is 33.4 Å². The van der Waals surface area contributed by atoms with Gasteiger partial charge in [-0.15, -0.1) is 0 Å². The minimum absolute atomic E-state index is 0.0733. The summed E-state index contributed by atoms with van der Waals surface area (Å²) in [5.74, 6) is 0.206.